The molecular weight excluding hydrogens is 555 g/mol. The van der Waals surface area contributed by atoms with E-state index in [-0.39, 0.29) is 11.8 Å². The minimum Gasteiger partial charge on any atom is -0.497 e. The summed E-state index contributed by atoms with van der Waals surface area (Å²) in [6.07, 6.45) is 4.61. The van der Waals surface area contributed by atoms with Crippen molar-refractivity contribution >= 4 is 18.3 Å². The van der Waals surface area contributed by atoms with Crippen molar-refractivity contribution in [2.45, 2.75) is 76.1 Å². The van der Waals surface area contributed by atoms with Crippen LogP contribution in [0.1, 0.15) is 55.5 Å². The van der Waals surface area contributed by atoms with Gasteiger partial charge in [0.25, 0.3) is 0 Å². The second kappa shape index (κ2) is 13.7. The standard InChI is InChI=1S/C32H47NO6SSi/c1-10-12-25-20-27(21-26(13-11-2)30(25)38-23-36-6)31(39-41(8,9)32(3,4)5)29-18-19-33(40(29,34)35)22-24-14-16-28(37-7)17-15-24/h10-11,14-17,20-21,29,31H,1-2,12-13,18-19,22-23H2,3-9H3. The van der Waals surface area contributed by atoms with Gasteiger partial charge in [0.1, 0.15) is 16.7 Å². The van der Waals surface area contributed by atoms with E-state index < -0.39 is 29.7 Å². The van der Waals surface area contributed by atoms with Crippen molar-refractivity contribution in [2.24, 2.45) is 0 Å². The lowest BCUT2D eigenvalue weighted by atomic mass is 9.95. The molecule has 7 nitrogen and oxygen atoms in total. The third-order valence-electron chi connectivity index (χ3n) is 8.13. The maximum Gasteiger partial charge on any atom is 0.220 e. The second-order valence-electron chi connectivity index (χ2n) is 12.1. The Labute approximate surface area is 248 Å². The molecule has 0 amide bonds. The van der Waals surface area contributed by atoms with Crippen molar-refractivity contribution < 1.29 is 27.1 Å². The van der Waals surface area contributed by atoms with Gasteiger partial charge in [-0.25, -0.2) is 8.42 Å². The van der Waals surface area contributed by atoms with Crippen LogP contribution in [-0.4, -0.2) is 53.8 Å². The first kappa shape index (κ1) is 33.1. The molecule has 1 aliphatic heterocycles. The number of hydrogen-bond donors (Lipinski definition) is 0. The molecule has 0 N–H and O–H groups in total. The van der Waals surface area contributed by atoms with Gasteiger partial charge in [0.15, 0.2) is 15.1 Å². The number of nitrogens with zero attached hydrogens (tertiary/aromatic N) is 1. The molecule has 9 heteroatoms. The van der Waals surface area contributed by atoms with Crippen LogP contribution in [0.25, 0.3) is 0 Å². The Hall–Kier alpha value is -2.43. The van der Waals surface area contributed by atoms with E-state index >= 15 is 0 Å². The van der Waals surface area contributed by atoms with Gasteiger partial charge in [-0.1, -0.05) is 45.1 Å². The molecule has 0 saturated carbocycles. The second-order valence-corrected chi connectivity index (χ2v) is 19.0. The summed E-state index contributed by atoms with van der Waals surface area (Å²) in [4.78, 5) is 0. The monoisotopic (exact) mass is 601 g/mol. The van der Waals surface area contributed by atoms with Gasteiger partial charge in [0, 0.05) is 20.2 Å². The SMILES string of the molecule is C=CCc1cc(C(O[Si](C)(C)C(C)(C)C)C2CCN(Cc3ccc(OC)cc3)S2(=O)=O)cc(CC=C)c1OCOC. The van der Waals surface area contributed by atoms with Gasteiger partial charge >= 0.3 is 0 Å². The van der Waals surface area contributed by atoms with Crippen molar-refractivity contribution in [1.29, 1.82) is 0 Å². The summed E-state index contributed by atoms with van der Waals surface area (Å²) in [5.74, 6) is 1.46. The van der Waals surface area contributed by atoms with Crippen molar-refractivity contribution in [1.82, 2.24) is 4.31 Å². The zero-order valence-corrected chi connectivity index (χ0v) is 27.6. The zero-order valence-electron chi connectivity index (χ0n) is 25.7. The fraction of sp³-hybridized carbons (Fsp3) is 0.500. The number of ether oxygens (including phenoxy) is 3. The molecule has 41 heavy (non-hydrogen) atoms. The molecule has 0 radical (unpaired) electrons. The molecule has 0 aromatic heterocycles. The number of rotatable bonds is 14. The molecule has 0 spiro atoms. The van der Waals surface area contributed by atoms with Crippen molar-refractivity contribution in [3.63, 3.8) is 0 Å². The fourth-order valence-corrected chi connectivity index (χ4v) is 8.25. The minimum atomic E-state index is -3.67. The molecule has 2 aromatic carbocycles. The Kier molecular flexibility index (Phi) is 11.0. The Balaban J connectivity index is 2.10. The van der Waals surface area contributed by atoms with Crippen LogP contribution in [0, 0.1) is 0 Å². The van der Waals surface area contributed by atoms with Crippen LogP contribution in [0.2, 0.25) is 18.1 Å². The number of methoxy groups -OCH3 is 2. The van der Waals surface area contributed by atoms with Gasteiger partial charge in [-0.05, 0) is 83.9 Å². The highest BCUT2D eigenvalue weighted by atomic mass is 32.2. The van der Waals surface area contributed by atoms with Crippen LogP contribution in [0.5, 0.6) is 11.5 Å². The van der Waals surface area contributed by atoms with Crippen molar-refractivity contribution in [3.05, 3.63) is 84.0 Å². The largest absolute Gasteiger partial charge is 0.497 e. The van der Waals surface area contributed by atoms with E-state index in [1.807, 2.05) is 48.6 Å². The molecule has 1 fully saturated rings. The Morgan fingerprint density at radius 1 is 1.05 bits per heavy atom. The van der Waals surface area contributed by atoms with Gasteiger partial charge in [0.05, 0.1) is 13.2 Å². The molecule has 1 saturated heterocycles. The third-order valence-corrected chi connectivity index (χ3v) is 14.9. The normalized spacial score (nSPS) is 18.2. The van der Waals surface area contributed by atoms with Gasteiger partial charge in [-0.2, -0.15) is 4.31 Å². The average molecular weight is 602 g/mol. The summed E-state index contributed by atoms with van der Waals surface area (Å²) >= 11 is 0. The van der Waals surface area contributed by atoms with Crippen LogP contribution in [0.3, 0.4) is 0 Å². The predicted octanol–water partition coefficient (Wildman–Crippen LogP) is 6.80. The molecule has 2 unspecified atom stereocenters. The molecule has 2 aromatic rings. The first-order valence-electron chi connectivity index (χ1n) is 14.1. The Bertz CT molecular complexity index is 1270. The highest BCUT2D eigenvalue weighted by molar-refractivity contribution is 7.90. The molecule has 1 heterocycles. The molecule has 1 aliphatic rings. The quantitative estimate of drug-likeness (QED) is 0.135. The minimum absolute atomic E-state index is 0.105. The number of hydrogen-bond acceptors (Lipinski definition) is 6. The summed E-state index contributed by atoms with van der Waals surface area (Å²) in [7, 11) is -2.86. The van der Waals surface area contributed by atoms with Crippen LogP contribution < -0.4 is 9.47 Å². The maximum absolute atomic E-state index is 14.2. The number of allylic oxidation sites excluding steroid dienone is 2. The first-order chi connectivity index (χ1) is 19.3. The van der Waals surface area contributed by atoms with Gasteiger partial charge in [-0.15, -0.1) is 13.2 Å². The van der Waals surface area contributed by atoms with E-state index in [0.717, 1.165) is 33.8 Å². The Morgan fingerprint density at radius 2 is 1.63 bits per heavy atom. The van der Waals surface area contributed by atoms with Crippen LogP contribution in [0.15, 0.2) is 61.7 Å². The van der Waals surface area contributed by atoms with E-state index in [1.165, 1.54) is 0 Å². The zero-order chi connectivity index (χ0) is 30.4. The van der Waals surface area contributed by atoms with Gasteiger partial charge in [0.2, 0.25) is 10.0 Å². The molecule has 3 rings (SSSR count). The van der Waals surface area contributed by atoms with E-state index in [4.69, 9.17) is 18.6 Å². The molecule has 0 aliphatic carbocycles. The average Bonchev–Trinajstić information content (AvgIpc) is 3.19. The van der Waals surface area contributed by atoms with E-state index in [2.05, 4.69) is 47.0 Å². The number of sulfonamides is 1. The van der Waals surface area contributed by atoms with Crippen LogP contribution in [-0.2, 0) is 38.6 Å². The fourth-order valence-electron chi connectivity index (χ4n) is 4.87. The van der Waals surface area contributed by atoms with Crippen molar-refractivity contribution in [2.75, 3.05) is 27.6 Å². The van der Waals surface area contributed by atoms with Gasteiger partial charge < -0.3 is 18.6 Å². The van der Waals surface area contributed by atoms with Gasteiger partial charge in [-0.3, -0.25) is 0 Å². The van der Waals surface area contributed by atoms with E-state index in [0.29, 0.717) is 32.4 Å². The Morgan fingerprint density at radius 3 is 2.12 bits per heavy atom. The highest BCUT2D eigenvalue weighted by Crippen LogP contribution is 2.45. The van der Waals surface area contributed by atoms with E-state index in [9.17, 15) is 8.42 Å². The first-order valence-corrected chi connectivity index (χ1v) is 18.5. The predicted molar refractivity (Wildman–Crippen MR) is 168 cm³/mol. The third kappa shape index (κ3) is 7.70. The topological polar surface area (TPSA) is 74.3 Å². The van der Waals surface area contributed by atoms with Crippen LogP contribution >= 0.6 is 0 Å². The van der Waals surface area contributed by atoms with E-state index in [1.54, 1.807) is 18.5 Å². The molecule has 226 valence electrons. The summed E-state index contributed by atoms with van der Waals surface area (Å²) in [5, 5.41) is -0.819. The van der Waals surface area contributed by atoms with Crippen LogP contribution in [0.4, 0.5) is 0 Å². The summed E-state index contributed by atoms with van der Waals surface area (Å²) < 4.78 is 53.4. The number of benzene rings is 2. The summed E-state index contributed by atoms with van der Waals surface area (Å²) in [5.41, 5.74) is 3.59. The molecule has 2 atom stereocenters. The summed E-state index contributed by atoms with van der Waals surface area (Å²) in [6, 6.07) is 11.6. The lowest BCUT2D eigenvalue weighted by Gasteiger charge is -2.41. The molecular formula is C32H47NO6SSi. The summed E-state index contributed by atoms with van der Waals surface area (Å²) in [6.45, 7) is 19.6. The molecule has 0 bridgehead atoms. The van der Waals surface area contributed by atoms with Crippen molar-refractivity contribution in [3.8, 4) is 11.5 Å². The lowest BCUT2D eigenvalue weighted by molar-refractivity contribution is 0.0498. The highest BCUT2D eigenvalue weighted by Gasteiger charge is 2.48. The lowest BCUT2D eigenvalue weighted by Crippen LogP contribution is -2.45. The maximum atomic E-state index is 14.2. The smallest absolute Gasteiger partial charge is 0.220 e.